The van der Waals surface area contributed by atoms with Crippen molar-refractivity contribution < 1.29 is 8.83 Å². The van der Waals surface area contributed by atoms with Crippen LogP contribution in [0.3, 0.4) is 0 Å². The second-order valence-corrected chi connectivity index (χ2v) is 13.7. The van der Waals surface area contributed by atoms with Crippen molar-refractivity contribution in [2.45, 2.75) is 0 Å². The van der Waals surface area contributed by atoms with Crippen LogP contribution in [0, 0.1) is 0 Å². The summed E-state index contributed by atoms with van der Waals surface area (Å²) < 4.78 is 13.1. The van der Waals surface area contributed by atoms with Gasteiger partial charge in [-0.15, -0.1) is 0 Å². The Kier molecular flexibility index (Phi) is 6.55. The molecule has 0 aliphatic rings. The van der Waals surface area contributed by atoms with Crippen LogP contribution in [-0.4, -0.2) is 0 Å². The van der Waals surface area contributed by atoms with E-state index in [1.807, 2.05) is 12.1 Å². The van der Waals surface area contributed by atoms with Crippen molar-refractivity contribution in [3.8, 4) is 22.3 Å². The SMILES string of the molecule is c1ccc2cc(-c3ccc(N(c4ccc(-c5ccc6ccccc6c5)cc4)c4cccc5oc6ccc7c8ccccc8oc7c6c45)cc3)ccc2c1. The van der Waals surface area contributed by atoms with E-state index in [1.165, 1.54) is 43.8 Å². The van der Waals surface area contributed by atoms with Gasteiger partial charge in [0.2, 0.25) is 0 Å². The first kappa shape index (κ1) is 29.6. The Bertz CT molecular complexity index is 3040. The number of hydrogen-bond acceptors (Lipinski definition) is 3. The number of anilines is 3. The highest BCUT2D eigenvalue weighted by Crippen LogP contribution is 2.46. The van der Waals surface area contributed by atoms with E-state index in [-0.39, 0.29) is 0 Å². The molecule has 0 aliphatic carbocycles. The van der Waals surface area contributed by atoms with Crippen LogP contribution in [0.2, 0.25) is 0 Å². The lowest BCUT2D eigenvalue weighted by Crippen LogP contribution is -2.10. The predicted octanol–water partition coefficient (Wildman–Crippen LogP) is 14.6. The predicted molar refractivity (Wildman–Crippen MR) is 222 cm³/mol. The topological polar surface area (TPSA) is 29.5 Å². The molecule has 0 amide bonds. The zero-order valence-corrected chi connectivity index (χ0v) is 28.7. The minimum Gasteiger partial charge on any atom is -0.456 e. The molecular weight excluding hydrogens is 647 g/mol. The van der Waals surface area contributed by atoms with Gasteiger partial charge in [0.25, 0.3) is 0 Å². The number of fused-ring (bicyclic) bond motifs is 9. The molecule has 3 heteroatoms. The summed E-state index contributed by atoms with van der Waals surface area (Å²) in [5.41, 5.74) is 11.2. The highest BCUT2D eigenvalue weighted by atomic mass is 16.3. The average Bonchev–Trinajstić information content (AvgIpc) is 3.80. The number of benzene rings is 9. The van der Waals surface area contributed by atoms with E-state index in [2.05, 4.69) is 181 Å². The Morgan fingerprint density at radius 3 is 1.49 bits per heavy atom. The van der Waals surface area contributed by atoms with Crippen molar-refractivity contribution >= 4 is 82.5 Å². The zero-order valence-electron chi connectivity index (χ0n) is 28.7. The number of nitrogens with zero attached hydrogens (tertiary/aromatic N) is 1. The Balaban J connectivity index is 1.10. The van der Waals surface area contributed by atoms with E-state index in [1.54, 1.807) is 0 Å². The van der Waals surface area contributed by atoms with Crippen molar-refractivity contribution in [2.24, 2.45) is 0 Å². The normalized spacial score (nSPS) is 11.8. The van der Waals surface area contributed by atoms with Gasteiger partial charge in [0.05, 0.1) is 16.5 Å². The second-order valence-electron chi connectivity index (χ2n) is 13.7. The van der Waals surface area contributed by atoms with Crippen LogP contribution in [0.4, 0.5) is 17.1 Å². The highest BCUT2D eigenvalue weighted by molar-refractivity contribution is 6.25. The van der Waals surface area contributed by atoms with Gasteiger partial charge in [0.1, 0.15) is 22.3 Å². The smallest absolute Gasteiger partial charge is 0.147 e. The Morgan fingerprint density at radius 2 is 0.849 bits per heavy atom. The van der Waals surface area contributed by atoms with Gasteiger partial charge in [-0.25, -0.2) is 0 Å². The maximum atomic E-state index is 6.59. The summed E-state index contributed by atoms with van der Waals surface area (Å²) in [7, 11) is 0. The Hall–Kier alpha value is -7.10. The highest BCUT2D eigenvalue weighted by Gasteiger charge is 2.23. The van der Waals surface area contributed by atoms with Crippen LogP contribution in [0.15, 0.2) is 197 Å². The Labute approximate surface area is 305 Å². The first-order chi connectivity index (χ1) is 26.2. The van der Waals surface area contributed by atoms with Crippen LogP contribution in [0.5, 0.6) is 0 Å². The van der Waals surface area contributed by atoms with Crippen molar-refractivity contribution in [1.29, 1.82) is 0 Å². The largest absolute Gasteiger partial charge is 0.456 e. The molecule has 3 nitrogen and oxygen atoms in total. The molecule has 0 bridgehead atoms. The van der Waals surface area contributed by atoms with E-state index in [0.717, 1.165) is 60.9 Å². The molecule has 53 heavy (non-hydrogen) atoms. The van der Waals surface area contributed by atoms with Gasteiger partial charge >= 0.3 is 0 Å². The quantitative estimate of drug-likeness (QED) is 0.182. The van der Waals surface area contributed by atoms with E-state index in [0.29, 0.717) is 0 Å². The van der Waals surface area contributed by atoms with Crippen LogP contribution < -0.4 is 4.90 Å². The van der Waals surface area contributed by atoms with Crippen LogP contribution >= 0.6 is 0 Å². The molecule has 11 rings (SSSR count). The molecule has 0 atom stereocenters. The van der Waals surface area contributed by atoms with Crippen molar-refractivity contribution in [1.82, 2.24) is 0 Å². The third-order valence-electron chi connectivity index (χ3n) is 10.6. The molecule has 2 heterocycles. The summed E-state index contributed by atoms with van der Waals surface area (Å²) in [6.07, 6.45) is 0. The zero-order chi connectivity index (χ0) is 34.9. The number of para-hydroxylation sites is 1. The Morgan fingerprint density at radius 1 is 0.321 bits per heavy atom. The second kappa shape index (κ2) is 11.7. The third-order valence-corrected chi connectivity index (χ3v) is 10.6. The van der Waals surface area contributed by atoms with Gasteiger partial charge in [0, 0.05) is 22.1 Å². The van der Waals surface area contributed by atoms with Crippen LogP contribution in [-0.2, 0) is 0 Å². The van der Waals surface area contributed by atoms with E-state index in [9.17, 15) is 0 Å². The van der Waals surface area contributed by atoms with Crippen molar-refractivity contribution in [3.63, 3.8) is 0 Å². The van der Waals surface area contributed by atoms with Gasteiger partial charge in [-0.3, -0.25) is 0 Å². The summed E-state index contributed by atoms with van der Waals surface area (Å²) in [4.78, 5) is 2.34. The molecule has 0 spiro atoms. The van der Waals surface area contributed by atoms with E-state index in [4.69, 9.17) is 8.83 Å². The first-order valence-corrected chi connectivity index (χ1v) is 18.0. The van der Waals surface area contributed by atoms with Gasteiger partial charge in [-0.2, -0.15) is 0 Å². The number of rotatable bonds is 5. The molecule has 0 aliphatic heterocycles. The standard InChI is InChI=1S/C50H31NO2/c1-3-10-36-30-38(18-16-32(36)8-1)34-20-24-40(25-21-34)51(41-26-22-35(23-27-41)39-19-17-33-9-2-4-11-37(33)31-39)44-13-7-15-46-48(44)49-47(52-46)29-28-43-42-12-5-6-14-45(42)53-50(43)49/h1-31H. The molecule has 0 saturated heterocycles. The summed E-state index contributed by atoms with van der Waals surface area (Å²) in [5.74, 6) is 0. The molecule has 0 unspecified atom stereocenters. The fourth-order valence-corrected chi connectivity index (χ4v) is 8.02. The lowest BCUT2D eigenvalue weighted by Gasteiger charge is -2.26. The first-order valence-electron chi connectivity index (χ1n) is 18.0. The summed E-state index contributed by atoms with van der Waals surface area (Å²) >= 11 is 0. The maximum absolute atomic E-state index is 6.59. The monoisotopic (exact) mass is 677 g/mol. The molecule has 0 radical (unpaired) electrons. The van der Waals surface area contributed by atoms with Crippen molar-refractivity contribution in [3.05, 3.63) is 188 Å². The van der Waals surface area contributed by atoms with E-state index >= 15 is 0 Å². The molecule has 11 aromatic rings. The fourth-order valence-electron chi connectivity index (χ4n) is 8.02. The number of furan rings is 2. The van der Waals surface area contributed by atoms with Gasteiger partial charge < -0.3 is 13.7 Å². The van der Waals surface area contributed by atoms with Gasteiger partial charge in [-0.1, -0.05) is 121 Å². The summed E-state index contributed by atoms with van der Waals surface area (Å²) in [6, 6.07) is 66.9. The minimum atomic E-state index is 0.803. The summed E-state index contributed by atoms with van der Waals surface area (Å²) in [5, 5.41) is 9.13. The van der Waals surface area contributed by atoms with Gasteiger partial charge in [-0.05, 0) is 111 Å². The fraction of sp³-hybridized carbons (Fsp3) is 0. The maximum Gasteiger partial charge on any atom is 0.147 e. The van der Waals surface area contributed by atoms with Gasteiger partial charge in [0.15, 0.2) is 0 Å². The number of hydrogen-bond donors (Lipinski definition) is 0. The molecule has 9 aromatic carbocycles. The van der Waals surface area contributed by atoms with Crippen LogP contribution in [0.1, 0.15) is 0 Å². The molecule has 248 valence electrons. The minimum absolute atomic E-state index is 0.803. The average molecular weight is 678 g/mol. The molecule has 2 aromatic heterocycles. The van der Waals surface area contributed by atoms with Crippen molar-refractivity contribution in [2.75, 3.05) is 4.90 Å². The molecule has 0 N–H and O–H groups in total. The third kappa shape index (κ3) is 4.82. The lowest BCUT2D eigenvalue weighted by molar-refractivity contribution is 0.663. The molecular formula is C50H31NO2. The van der Waals surface area contributed by atoms with Crippen LogP contribution in [0.25, 0.3) is 87.7 Å². The summed E-state index contributed by atoms with van der Waals surface area (Å²) in [6.45, 7) is 0. The van der Waals surface area contributed by atoms with E-state index < -0.39 is 0 Å². The molecule has 0 fully saturated rings. The molecule has 0 saturated carbocycles. The lowest BCUT2D eigenvalue weighted by atomic mass is 9.99.